The number of carboxylic acid groups (broad SMARTS) is 2. The van der Waals surface area contributed by atoms with E-state index in [1.807, 2.05) is 27.7 Å². The number of hydrogen-bond donors (Lipinski definition) is 4. The van der Waals surface area contributed by atoms with E-state index in [0.717, 1.165) is 0 Å². The highest BCUT2D eigenvalue weighted by molar-refractivity contribution is 5.83. The van der Waals surface area contributed by atoms with E-state index in [2.05, 4.69) is 10.6 Å². The van der Waals surface area contributed by atoms with Crippen LogP contribution in [0, 0.1) is 11.8 Å². The van der Waals surface area contributed by atoms with Gasteiger partial charge < -0.3 is 20.8 Å². The van der Waals surface area contributed by atoms with Crippen molar-refractivity contribution in [3.8, 4) is 0 Å². The maximum atomic E-state index is 11.0. The Labute approximate surface area is 143 Å². The highest BCUT2D eigenvalue weighted by Gasteiger charge is 2.19. The molecule has 0 saturated heterocycles. The van der Waals surface area contributed by atoms with Crippen molar-refractivity contribution >= 4 is 23.8 Å². The maximum absolute atomic E-state index is 11.0. The zero-order chi connectivity index (χ0) is 19.4. The number of carbonyl (C=O) groups excluding carboxylic acids is 2. The van der Waals surface area contributed by atoms with Gasteiger partial charge in [-0.15, -0.1) is 0 Å². The number of carbonyl (C=O) groups is 4. The minimum absolute atomic E-state index is 0.208. The molecule has 0 saturated carbocycles. The summed E-state index contributed by atoms with van der Waals surface area (Å²) in [5.74, 6) is -1.97. The Bertz CT molecular complexity index is 434. The zero-order valence-electron chi connectivity index (χ0n) is 15.3. The van der Waals surface area contributed by atoms with Gasteiger partial charge in [0.2, 0.25) is 11.8 Å². The summed E-state index contributed by atoms with van der Waals surface area (Å²) >= 11 is 0. The first kappa shape index (κ1) is 24.1. The van der Waals surface area contributed by atoms with Crippen molar-refractivity contribution in [2.45, 2.75) is 66.5 Å². The van der Waals surface area contributed by atoms with Crippen LogP contribution in [0.3, 0.4) is 0 Å². The lowest BCUT2D eigenvalue weighted by molar-refractivity contribution is -0.142. The summed E-state index contributed by atoms with van der Waals surface area (Å²) in [6.45, 7) is 10.4. The van der Waals surface area contributed by atoms with Crippen LogP contribution < -0.4 is 10.6 Å². The standard InChI is InChI=1S/2C8H15NO3/c1-5(2)4-7(8(11)12)9-6(3)10;1-5(2)4-7(10)9-6(3)8(11)12/h5,7H,4H2,1-3H3,(H,9,10)(H,11,12);5-6H,4H2,1-3H3,(H,9,10)(H,11,12). The van der Waals surface area contributed by atoms with Gasteiger partial charge in [0.1, 0.15) is 12.1 Å². The van der Waals surface area contributed by atoms with Gasteiger partial charge >= 0.3 is 11.9 Å². The van der Waals surface area contributed by atoms with Crippen LogP contribution in [-0.4, -0.2) is 46.0 Å². The van der Waals surface area contributed by atoms with E-state index >= 15 is 0 Å². The molecule has 0 aliphatic carbocycles. The molecular formula is C16H30N2O6. The largest absolute Gasteiger partial charge is 0.480 e. The minimum Gasteiger partial charge on any atom is -0.480 e. The van der Waals surface area contributed by atoms with Gasteiger partial charge in [-0.05, 0) is 25.2 Å². The molecule has 4 N–H and O–H groups in total. The average molecular weight is 346 g/mol. The molecule has 0 aliphatic rings. The lowest BCUT2D eigenvalue weighted by Crippen LogP contribution is -2.40. The van der Waals surface area contributed by atoms with Crippen molar-refractivity contribution in [2.24, 2.45) is 11.8 Å². The lowest BCUT2D eigenvalue weighted by atomic mass is 10.0. The van der Waals surface area contributed by atoms with Gasteiger partial charge in [0.05, 0.1) is 0 Å². The van der Waals surface area contributed by atoms with E-state index in [1.165, 1.54) is 13.8 Å². The third kappa shape index (κ3) is 14.8. The fourth-order valence-electron chi connectivity index (χ4n) is 1.67. The fraction of sp³-hybridized carbons (Fsp3) is 0.750. The molecule has 0 radical (unpaired) electrons. The summed E-state index contributed by atoms with van der Waals surface area (Å²) in [5.41, 5.74) is 0. The Morgan fingerprint density at radius 1 is 0.833 bits per heavy atom. The van der Waals surface area contributed by atoms with E-state index in [4.69, 9.17) is 10.2 Å². The summed E-state index contributed by atoms with van der Waals surface area (Å²) < 4.78 is 0. The van der Waals surface area contributed by atoms with Gasteiger partial charge in [0.25, 0.3) is 0 Å². The normalized spacial score (nSPS) is 12.7. The molecule has 2 atom stereocenters. The highest BCUT2D eigenvalue weighted by atomic mass is 16.4. The second kappa shape index (κ2) is 12.3. The van der Waals surface area contributed by atoms with Gasteiger partial charge in [-0.2, -0.15) is 0 Å². The molecule has 0 aromatic heterocycles. The molecule has 0 aromatic rings. The molecule has 8 heteroatoms. The van der Waals surface area contributed by atoms with Gasteiger partial charge in [-0.1, -0.05) is 27.7 Å². The number of carboxylic acids is 2. The molecule has 0 bridgehead atoms. The molecule has 0 rings (SSSR count). The van der Waals surface area contributed by atoms with E-state index in [0.29, 0.717) is 12.8 Å². The quantitative estimate of drug-likeness (QED) is 0.523. The minimum atomic E-state index is -1.01. The Morgan fingerprint density at radius 2 is 1.33 bits per heavy atom. The Morgan fingerprint density at radius 3 is 1.62 bits per heavy atom. The van der Waals surface area contributed by atoms with Crippen LogP contribution in [0.25, 0.3) is 0 Å². The summed E-state index contributed by atoms with van der Waals surface area (Å²) in [6.07, 6.45) is 0.840. The third-order valence-electron chi connectivity index (χ3n) is 2.72. The zero-order valence-corrected chi connectivity index (χ0v) is 15.3. The molecule has 0 aliphatic heterocycles. The maximum Gasteiger partial charge on any atom is 0.326 e. The molecule has 0 spiro atoms. The first-order chi connectivity index (χ1) is 10.9. The van der Waals surface area contributed by atoms with Crippen molar-refractivity contribution < 1.29 is 29.4 Å². The molecule has 0 heterocycles. The predicted octanol–water partition coefficient (Wildman–Crippen LogP) is 1.24. The van der Waals surface area contributed by atoms with Crippen LogP contribution in [0.1, 0.15) is 54.4 Å². The van der Waals surface area contributed by atoms with Crippen LogP contribution in [0.15, 0.2) is 0 Å². The van der Waals surface area contributed by atoms with Crippen LogP contribution in [0.2, 0.25) is 0 Å². The van der Waals surface area contributed by atoms with Crippen molar-refractivity contribution in [2.75, 3.05) is 0 Å². The Balaban J connectivity index is 0. The molecule has 2 unspecified atom stereocenters. The molecule has 140 valence electrons. The van der Waals surface area contributed by atoms with Gasteiger partial charge in [-0.25, -0.2) is 4.79 Å². The van der Waals surface area contributed by atoms with Crippen LogP contribution in [-0.2, 0) is 19.2 Å². The predicted molar refractivity (Wildman–Crippen MR) is 89.4 cm³/mol. The second-order valence-electron chi connectivity index (χ2n) is 6.45. The fourth-order valence-corrected chi connectivity index (χ4v) is 1.67. The summed E-state index contributed by atoms with van der Waals surface area (Å²) in [4.78, 5) is 42.4. The number of hydrogen-bond acceptors (Lipinski definition) is 4. The van der Waals surface area contributed by atoms with Gasteiger partial charge in [0, 0.05) is 13.3 Å². The number of rotatable bonds is 8. The van der Waals surface area contributed by atoms with E-state index in [1.54, 1.807) is 0 Å². The number of aliphatic carboxylic acids is 2. The molecule has 0 fully saturated rings. The first-order valence-electron chi connectivity index (χ1n) is 7.88. The topological polar surface area (TPSA) is 133 Å². The smallest absolute Gasteiger partial charge is 0.326 e. The SMILES string of the molecule is CC(=O)NC(CC(C)C)C(=O)O.CC(C)CC(=O)NC(C)C(=O)O. The van der Waals surface area contributed by atoms with E-state index < -0.39 is 24.0 Å². The summed E-state index contributed by atoms with van der Waals surface area (Å²) in [7, 11) is 0. The van der Waals surface area contributed by atoms with Crippen molar-refractivity contribution in [3.05, 3.63) is 0 Å². The van der Waals surface area contributed by atoms with Crippen LogP contribution in [0.5, 0.6) is 0 Å². The van der Waals surface area contributed by atoms with Crippen LogP contribution >= 0.6 is 0 Å². The third-order valence-corrected chi connectivity index (χ3v) is 2.72. The van der Waals surface area contributed by atoms with E-state index in [-0.39, 0.29) is 23.7 Å². The Kier molecular flexibility index (Phi) is 12.4. The first-order valence-corrected chi connectivity index (χ1v) is 7.88. The summed E-state index contributed by atoms with van der Waals surface area (Å²) in [6, 6.07) is -1.54. The second-order valence-corrected chi connectivity index (χ2v) is 6.45. The molecule has 0 aromatic carbocycles. The van der Waals surface area contributed by atoms with Crippen molar-refractivity contribution in [3.63, 3.8) is 0 Å². The Hall–Kier alpha value is -2.12. The van der Waals surface area contributed by atoms with Crippen LogP contribution in [0.4, 0.5) is 0 Å². The van der Waals surface area contributed by atoms with E-state index in [9.17, 15) is 19.2 Å². The van der Waals surface area contributed by atoms with Crippen molar-refractivity contribution in [1.29, 1.82) is 0 Å². The monoisotopic (exact) mass is 346 g/mol. The molecular weight excluding hydrogens is 316 g/mol. The molecule has 24 heavy (non-hydrogen) atoms. The average Bonchev–Trinajstić information content (AvgIpc) is 2.36. The molecule has 2 amide bonds. The lowest BCUT2D eigenvalue weighted by Gasteiger charge is -2.14. The van der Waals surface area contributed by atoms with Gasteiger partial charge in [0.15, 0.2) is 0 Å². The van der Waals surface area contributed by atoms with Crippen molar-refractivity contribution in [1.82, 2.24) is 10.6 Å². The molecule has 8 nitrogen and oxygen atoms in total. The number of amides is 2. The number of nitrogens with one attached hydrogen (secondary N) is 2. The van der Waals surface area contributed by atoms with Gasteiger partial charge in [-0.3, -0.25) is 14.4 Å². The highest BCUT2D eigenvalue weighted by Crippen LogP contribution is 2.04. The summed E-state index contributed by atoms with van der Waals surface area (Å²) in [5, 5.41) is 21.9.